The number of nitrogens with zero attached hydrogens (tertiary/aromatic N) is 4. The van der Waals surface area contributed by atoms with Gasteiger partial charge < -0.3 is 5.32 Å². The summed E-state index contributed by atoms with van der Waals surface area (Å²) in [4.78, 5) is 13.5. The molecule has 4 rings (SSSR count). The van der Waals surface area contributed by atoms with Crippen molar-refractivity contribution in [2.24, 2.45) is 0 Å². The first-order chi connectivity index (χ1) is 14.9. The van der Waals surface area contributed by atoms with Gasteiger partial charge in [-0.1, -0.05) is 0 Å². The number of anilines is 1. The molecule has 0 saturated carbocycles. The maximum Gasteiger partial charge on any atom is 0.243 e. The number of aryl methyl sites for hydroxylation is 1. The van der Waals surface area contributed by atoms with E-state index in [1.807, 2.05) is 18.2 Å². The zero-order valence-corrected chi connectivity index (χ0v) is 18.2. The lowest BCUT2D eigenvalue weighted by molar-refractivity contribution is 0.312. The molecule has 1 fully saturated rings. The van der Waals surface area contributed by atoms with Crippen molar-refractivity contribution in [3.63, 3.8) is 0 Å². The highest BCUT2D eigenvalue weighted by atomic mass is 32.2. The Morgan fingerprint density at radius 3 is 2.74 bits per heavy atom. The van der Waals surface area contributed by atoms with E-state index in [-0.39, 0.29) is 10.8 Å². The van der Waals surface area contributed by atoms with Crippen molar-refractivity contribution >= 4 is 15.8 Å². The third-order valence-electron chi connectivity index (χ3n) is 5.48. The highest BCUT2D eigenvalue weighted by Gasteiger charge is 2.32. The molecule has 0 bridgehead atoms. The Morgan fingerprint density at radius 1 is 1.19 bits per heavy atom. The van der Waals surface area contributed by atoms with Crippen LogP contribution in [0, 0.1) is 12.7 Å². The van der Waals surface area contributed by atoms with Crippen LogP contribution in [0.1, 0.15) is 30.0 Å². The van der Waals surface area contributed by atoms with Gasteiger partial charge >= 0.3 is 0 Å². The van der Waals surface area contributed by atoms with Gasteiger partial charge in [-0.2, -0.15) is 4.31 Å². The minimum atomic E-state index is -3.73. The molecule has 1 saturated heterocycles. The fraction of sp³-hybridized carbons (Fsp3) is 0.318. The molecular weight excluding hydrogens is 417 g/mol. The van der Waals surface area contributed by atoms with Gasteiger partial charge in [0.2, 0.25) is 10.0 Å². The fourth-order valence-corrected chi connectivity index (χ4v) is 5.60. The number of rotatable bonds is 5. The number of benzene rings is 1. The average Bonchev–Trinajstić information content (AvgIpc) is 2.79. The first-order valence-corrected chi connectivity index (χ1v) is 11.6. The Morgan fingerprint density at radius 2 is 2.03 bits per heavy atom. The lowest BCUT2D eigenvalue weighted by atomic mass is 9.95. The van der Waals surface area contributed by atoms with Gasteiger partial charge in [0.15, 0.2) is 5.82 Å². The topological polar surface area (TPSA) is 88.1 Å². The quantitative estimate of drug-likeness (QED) is 0.651. The van der Waals surface area contributed by atoms with Gasteiger partial charge in [0.1, 0.15) is 11.6 Å². The second kappa shape index (κ2) is 8.68. The van der Waals surface area contributed by atoms with Crippen LogP contribution in [0.3, 0.4) is 0 Å². The normalized spacial score (nSPS) is 17.5. The molecule has 3 aromatic rings. The van der Waals surface area contributed by atoms with Crippen molar-refractivity contribution in [2.45, 2.75) is 30.6 Å². The molecule has 1 aliphatic rings. The van der Waals surface area contributed by atoms with E-state index in [0.29, 0.717) is 36.7 Å². The number of hydrogen-bond acceptors (Lipinski definition) is 6. The summed E-state index contributed by atoms with van der Waals surface area (Å²) in [6.07, 6.45) is 4.92. The molecule has 0 aliphatic carbocycles. The molecule has 2 aromatic heterocycles. The number of nitrogens with one attached hydrogen (secondary N) is 1. The molecule has 1 aliphatic heterocycles. The fourth-order valence-electron chi connectivity index (χ4n) is 3.87. The van der Waals surface area contributed by atoms with Crippen LogP contribution in [-0.2, 0) is 10.0 Å². The van der Waals surface area contributed by atoms with E-state index in [0.717, 1.165) is 17.7 Å². The lowest BCUT2D eigenvalue weighted by Crippen LogP contribution is -2.39. The van der Waals surface area contributed by atoms with E-state index < -0.39 is 15.8 Å². The van der Waals surface area contributed by atoms with Crippen molar-refractivity contribution in [3.05, 3.63) is 65.9 Å². The molecule has 9 heteroatoms. The molecule has 1 atom stereocenters. The Labute approximate surface area is 181 Å². The van der Waals surface area contributed by atoms with Gasteiger partial charge in [0.25, 0.3) is 0 Å². The molecule has 0 amide bonds. The van der Waals surface area contributed by atoms with Crippen molar-refractivity contribution in [2.75, 3.05) is 25.5 Å². The summed E-state index contributed by atoms with van der Waals surface area (Å²) in [5, 5.41) is 3.06. The zero-order chi connectivity index (χ0) is 22.0. The van der Waals surface area contributed by atoms with Crippen LogP contribution in [0.2, 0.25) is 0 Å². The highest BCUT2D eigenvalue weighted by Crippen LogP contribution is 2.32. The molecule has 1 aromatic carbocycles. The largest absolute Gasteiger partial charge is 0.373 e. The van der Waals surface area contributed by atoms with E-state index in [9.17, 15) is 12.8 Å². The van der Waals surface area contributed by atoms with Crippen molar-refractivity contribution < 1.29 is 12.8 Å². The van der Waals surface area contributed by atoms with Gasteiger partial charge in [-0.3, -0.25) is 4.98 Å². The second-order valence-electron chi connectivity index (χ2n) is 7.61. The highest BCUT2D eigenvalue weighted by molar-refractivity contribution is 7.89. The van der Waals surface area contributed by atoms with Crippen LogP contribution >= 0.6 is 0 Å². The minimum absolute atomic E-state index is 0.0743. The first kappa shape index (κ1) is 21.3. The molecular formula is C22H24FN5O2S. The van der Waals surface area contributed by atoms with Gasteiger partial charge in [-0.05, 0) is 55.7 Å². The molecule has 7 nitrogen and oxygen atoms in total. The number of pyridine rings is 1. The summed E-state index contributed by atoms with van der Waals surface area (Å²) in [7, 11) is -1.94. The molecule has 1 N–H and O–H groups in total. The van der Waals surface area contributed by atoms with Gasteiger partial charge in [0, 0.05) is 50.1 Å². The molecule has 0 radical (unpaired) electrons. The number of halogens is 1. The summed E-state index contributed by atoms with van der Waals surface area (Å²) in [5.74, 6) is 0.689. The van der Waals surface area contributed by atoms with Crippen molar-refractivity contribution in [3.8, 4) is 11.4 Å². The number of sulfonamides is 1. The lowest BCUT2D eigenvalue weighted by Gasteiger charge is -2.32. The van der Waals surface area contributed by atoms with Crippen LogP contribution in [0.15, 0.2) is 53.7 Å². The van der Waals surface area contributed by atoms with Crippen LogP contribution in [0.25, 0.3) is 11.4 Å². The summed E-state index contributed by atoms with van der Waals surface area (Å²) < 4.78 is 41.5. The van der Waals surface area contributed by atoms with E-state index in [4.69, 9.17) is 4.98 Å². The standard InChI is InChI=1S/C22H24FN5O2S/c1-15-11-18(23)7-8-20(15)31(29,30)28-10-4-6-17(14-28)19-12-21(24-2)27-22(26-19)16-5-3-9-25-13-16/h3,5,7-9,11-13,17H,4,6,10,14H2,1-2H3,(H,24,26,27)/t17-/m0/s1. The molecule has 31 heavy (non-hydrogen) atoms. The number of hydrogen-bond donors (Lipinski definition) is 1. The third kappa shape index (κ3) is 4.42. The smallest absolute Gasteiger partial charge is 0.243 e. The summed E-state index contributed by atoms with van der Waals surface area (Å²) in [6.45, 7) is 2.35. The number of aromatic nitrogens is 3. The number of piperidine rings is 1. The van der Waals surface area contributed by atoms with Crippen molar-refractivity contribution in [1.82, 2.24) is 19.3 Å². The SMILES string of the molecule is CNc1cc([C@H]2CCCN(S(=O)(=O)c3ccc(F)cc3C)C2)nc(-c2cccnc2)n1. The Kier molecular flexibility index (Phi) is 5.97. The van der Waals surface area contributed by atoms with E-state index >= 15 is 0 Å². The molecule has 3 heterocycles. The molecule has 0 unspecified atom stereocenters. The predicted octanol–water partition coefficient (Wildman–Crippen LogP) is 3.60. The van der Waals surface area contributed by atoms with E-state index in [2.05, 4.69) is 15.3 Å². The average molecular weight is 442 g/mol. The molecule has 0 spiro atoms. The Balaban J connectivity index is 1.66. The summed E-state index contributed by atoms with van der Waals surface area (Å²) in [5.41, 5.74) is 1.98. The van der Waals surface area contributed by atoms with Crippen LogP contribution in [-0.4, -0.2) is 47.8 Å². The van der Waals surface area contributed by atoms with Crippen LogP contribution in [0.5, 0.6) is 0 Å². The van der Waals surface area contributed by atoms with Gasteiger partial charge in [-0.25, -0.2) is 22.8 Å². The molecule has 162 valence electrons. The minimum Gasteiger partial charge on any atom is -0.373 e. The zero-order valence-electron chi connectivity index (χ0n) is 17.4. The Bertz CT molecular complexity index is 1190. The third-order valence-corrected chi connectivity index (χ3v) is 7.50. The maximum absolute atomic E-state index is 13.5. The maximum atomic E-state index is 13.5. The van der Waals surface area contributed by atoms with Crippen LogP contribution in [0.4, 0.5) is 10.2 Å². The van der Waals surface area contributed by atoms with E-state index in [1.54, 1.807) is 26.4 Å². The Hall–Kier alpha value is -2.91. The van der Waals surface area contributed by atoms with E-state index in [1.165, 1.54) is 22.5 Å². The second-order valence-corrected chi connectivity index (χ2v) is 9.51. The monoisotopic (exact) mass is 441 g/mol. The van der Waals surface area contributed by atoms with Crippen molar-refractivity contribution in [1.29, 1.82) is 0 Å². The summed E-state index contributed by atoms with van der Waals surface area (Å²) >= 11 is 0. The first-order valence-electron chi connectivity index (χ1n) is 10.1. The summed E-state index contributed by atoms with van der Waals surface area (Å²) in [6, 6.07) is 9.35. The van der Waals surface area contributed by atoms with Crippen LogP contribution < -0.4 is 5.32 Å². The van der Waals surface area contributed by atoms with Gasteiger partial charge in [-0.15, -0.1) is 0 Å². The predicted molar refractivity (Wildman–Crippen MR) is 117 cm³/mol. The van der Waals surface area contributed by atoms with Gasteiger partial charge in [0.05, 0.1) is 10.6 Å².